The van der Waals surface area contributed by atoms with Gasteiger partial charge in [0.1, 0.15) is 10.8 Å². The van der Waals surface area contributed by atoms with Gasteiger partial charge in [0.2, 0.25) is 0 Å². The number of hydrogen-bond donors (Lipinski definition) is 2. The lowest BCUT2D eigenvalue weighted by Crippen LogP contribution is -2.22. The number of ether oxygens (including phenoxy) is 1. The summed E-state index contributed by atoms with van der Waals surface area (Å²) in [5, 5.41) is 6.04. The molecule has 3 aromatic rings. The van der Waals surface area contributed by atoms with Gasteiger partial charge < -0.3 is 15.8 Å². The number of nitrogens with two attached hydrogens (primary N) is 1. The predicted molar refractivity (Wildman–Crippen MR) is 99.5 cm³/mol. The number of aromatic nitrogens is 1. The molecule has 3 N–H and O–H groups in total. The Labute approximate surface area is 144 Å². The van der Waals surface area contributed by atoms with Gasteiger partial charge in [-0.05, 0) is 24.3 Å². The van der Waals surface area contributed by atoms with E-state index in [1.807, 2.05) is 60.0 Å². The van der Waals surface area contributed by atoms with Crippen LogP contribution in [0.4, 0.5) is 5.69 Å². The van der Waals surface area contributed by atoms with Crippen LogP contribution in [0.2, 0.25) is 0 Å². The Morgan fingerprint density at radius 1 is 1.17 bits per heavy atom. The lowest BCUT2D eigenvalue weighted by molar-refractivity contribution is 0.415. The van der Waals surface area contributed by atoms with E-state index in [1.54, 1.807) is 18.4 Å². The molecule has 0 spiro atoms. The molecule has 3 rings (SSSR count). The molecule has 0 aliphatic heterocycles. The van der Waals surface area contributed by atoms with Crippen LogP contribution in [0, 0.1) is 0 Å². The third kappa shape index (κ3) is 4.11. The minimum atomic E-state index is 0.356. The fraction of sp³-hybridized carbons (Fsp3) is 0.111. The first-order chi connectivity index (χ1) is 11.7. The number of anilines is 1. The first kappa shape index (κ1) is 16.0. The van der Waals surface area contributed by atoms with Crippen LogP contribution in [0.15, 0.2) is 65.0 Å². The lowest BCUT2D eigenvalue weighted by Gasteiger charge is -2.06. The van der Waals surface area contributed by atoms with Crippen LogP contribution in [0.3, 0.4) is 0 Å². The molecule has 0 saturated carbocycles. The van der Waals surface area contributed by atoms with Crippen LogP contribution in [0.5, 0.6) is 5.75 Å². The summed E-state index contributed by atoms with van der Waals surface area (Å²) in [5.41, 5.74) is 8.80. The van der Waals surface area contributed by atoms with Crippen molar-refractivity contribution >= 4 is 23.0 Å². The number of nitrogens with one attached hydrogen (secondary N) is 1. The summed E-state index contributed by atoms with van der Waals surface area (Å²) in [5.74, 6) is 1.15. The van der Waals surface area contributed by atoms with Gasteiger partial charge in [0.05, 0.1) is 19.3 Å². The summed E-state index contributed by atoms with van der Waals surface area (Å²) < 4.78 is 5.12. The number of methoxy groups -OCH3 is 1. The Kier molecular flexibility index (Phi) is 5.08. The standard InChI is InChI=1S/C18H18N4OS/c1-23-16-9-7-14(8-10-16)22-18(19)20-11-15-12-24-17(21-15)13-5-3-2-4-6-13/h2-10,12H,11H2,1H3,(H3,19,20,22). The fourth-order valence-corrected chi connectivity index (χ4v) is 2.94. The zero-order chi connectivity index (χ0) is 16.8. The molecule has 122 valence electrons. The van der Waals surface area contributed by atoms with Gasteiger partial charge in [0.15, 0.2) is 5.96 Å². The van der Waals surface area contributed by atoms with Crippen LogP contribution in [0.25, 0.3) is 10.6 Å². The molecule has 6 heteroatoms. The molecule has 0 amide bonds. The molecule has 0 aliphatic carbocycles. The highest BCUT2D eigenvalue weighted by atomic mass is 32.1. The molecule has 24 heavy (non-hydrogen) atoms. The number of rotatable bonds is 5. The smallest absolute Gasteiger partial charge is 0.193 e. The molecule has 0 radical (unpaired) electrons. The Morgan fingerprint density at radius 3 is 2.62 bits per heavy atom. The molecule has 0 saturated heterocycles. The first-order valence-corrected chi connectivity index (χ1v) is 8.33. The quantitative estimate of drug-likeness (QED) is 0.549. The van der Waals surface area contributed by atoms with Crippen molar-refractivity contribution < 1.29 is 4.74 Å². The van der Waals surface area contributed by atoms with Gasteiger partial charge in [-0.25, -0.2) is 9.98 Å². The minimum Gasteiger partial charge on any atom is -0.497 e. The maximum absolute atomic E-state index is 5.93. The average molecular weight is 338 g/mol. The molecule has 0 bridgehead atoms. The highest BCUT2D eigenvalue weighted by Gasteiger charge is 2.04. The normalized spacial score (nSPS) is 11.3. The summed E-state index contributed by atoms with van der Waals surface area (Å²) in [6, 6.07) is 17.6. The van der Waals surface area contributed by atoms with E-state index in [0.29, 0.717) is 12.5 Å². The zero-order valence-corrected chi connectivity index (χ0v) is 14.1. The second kappa shape index (κ2) is 7.61. The van der Waals surface area contributed by atoms with Crippen LogP contribution >= 0.6 is 11.3 Å². The van der Waals surface area contributed by atoms with E-state index >= 15 is 0 Å². The number of guanidine groups is 1. The second-order valence-electron chi connectivity index (χ2n) is 5.06. The summed E-state index contributed by atoms with van der Waals surface area (Å²) in [7, 11) is 1.63. The predicted octanol–water partition coefficient (Wildman–Crippen LogP) is 3.75. The summed E-state index contributed by atoms with van der Waals surface area (Å²) in [4.78, 5) is 8.93. The third-order valence-electron chi connectivity index (χ3n) is 3.35. The SMILES string of the molecule is COc1ccc(NC(N)=NCc2csc(-c3ccccc3)n2)cc1. The maximum atomic E-state index is 5.93. The molecule has 1 heterocycles. The van der Waals surface area contributed by atoms with E-state index in [9.17, 15) is 0 Å². The Balaban J connectivity index is 1.61. The van der Waals surface area contributed by atoms with Crippen LogP contribution < -0.4 is 15.8 Å². The topological polar surface area (TPSA) is 72.5 Å². The van der Waals surface area contributed by atoms with Crippen molar-refractivity contribution in [1.82, 2.24) is 4.98 Å². The van der Waals surface area contributed by atoms with E-state index in [1.165, 1.54) is 0 Å². The van der Waals surface area contributed by atoms with Gasteiger partial charge in [0.25, 0.3) is 0 Å². The molecular formula is C18H18N4OS. The van der Waals surface area contributed by atoms with Crippen molar-refractivity contribution in [3.05, 3.63) is 65.7 Å². The Morgan fingerprint density at radius 2 is 1.92 bits per heavy atom. The fourth-order valence-electron chi connectivity index (χ4n) is 2.12. The highest BCUT2D eigenvalue weighted by Crippen LogP contribution is 2.23. The minimum absolute atomic E-state index is 0.356. The van der Waals surface area contributed by atoms with Crippen molar-refractivity contribution in [2.75, 3.05) is 12.4 Å². The number of thiazole rings is 1. The van der Waals surface area contributed by atoms with Gasteiger partial charge in [-0.1, -0.05) is 30.3 Å². The first-order valence-electron chi connectivity index (χ1n) is 7.45. The van der Waals surface area contributed by atoms with Crippen LogP contribution in [0.1, 0.15) is 5.69 Å². The maximum Gasteiger partial charge on any atom is 0.193 e. The molecular weight excluding hydrogens is 320 g/mol. The molecule has 0 fully saturated rings. The van der Waals surface area contributed by atoms with E-state index in [4.69, 9.17) is 10.5 Å². The molecule has 5 nitrogen and oxygen atoms in total. The number of benzene rings is 2. The zero-order valence-electron chi connectivity index (χ0n) is 13.3. The van der Waals surface area contributed by atoms with Gasteiger partial charge in [-0.15, -0.1) is 11.3 Å². The van der Waals surface area contributed by atoms with Gasteiger partial charge >= 0.3 is 0 Å². The van der Waals surface area contributed by atoms with Gasteiger partial charge in [0, 0.05) is 16.6 Å². The van der Waals surface area contributed by atoms with E-state index < -0.39 is 0 Å². The van der Waals surface area contributed by atoms with E-state index in [0.717, 1.165) is 27.7 Å². The van der Waals surface area contributed by atoms with Crippen molar-refractivity contribution in [1.29, 1.82) is 0 Å². The summed E-state index contributed by atoms with van der Waals surface area (Å²) in [6.45, 7) is 0.443. The van der Waals surface area contributed by atoms with Crippen LogP contribution in [-0.2, 0) is 6.54 Å². The summed E-state index contributed by atoms with van der Waals surface area (Å²) >= 11 is 1.61. The summed E-state index contributed by atoms with van der Waals surface area (Å²) in [6.07, 6.45) is 0. The van der Waals surface area contributed by atoms with Gasteiger partial charge in [-0.2, -0.15) is 0 Å². The number of aliphatic imine (C=N–C) groups is 1. The van der Waals surface area contributed by atoms with Crippen molar-refractivity contribution in [2.45, 2.75) is 6.54 Å². The molecule has 2 aromatic carbocycles. The van der Waals surface area contributed by atoms with Crippen molar-refractivity contribution in [3.63, 3.8) is 0 Å². The average Bonchev–Trinajstić information content (AvgIpc) is 3.10. The third-order valence-corrected chi connectivity index (χ3v) is 4.29. The van der Waals surface area contributed by atoms with Crippen molar-refractivity contribution in [3.8, 4) is 16.3 Å². The lowest BCUT2D eigenvalue weighted by atomic mass is 10.2. The second-order valence-corrected chi connectivity index (χ2v) is 5.92. The van der Waals surface area contributed by atoms with Crippen LogP contribution in [-0.4, -0.2) is 18.1 Å². The van der Waals surface area contributed by atoms with E-state index in [2.05, 4.69) is 15.3 Å². The highest BCUT2D eigenvalue weighted by molar-refractivity contribution is 7.13. The van der Waals surface area contributed by atoms with Crippen molar-refractivity contribution in [2.24, 2.45) is 10.7 Å². The number of hydrogen-bond acceptors (Lipinski definition) is 4. The molecule has 0 aliphatic rings. The number of nitrogens with zero attached hydrogens (tertiary/aromatic N) is 2. The monoisotopic (exact) mass is 338 g/mol. The molecule has 1 aromatic heterocycles. The molecule has 0 unspecified atom stereocenters. The van der Waals surface area contributed by atoms with Gasteiger partial charge in [-0.3, -0.25) is 0 Å². The Bertz CT molecular complexity index is 813. The Hall–Kier alpha value is -2.86. The largest absolute Gasteiger partial charge is 0.497 e. The molecule has 0 atom stereocenters. The van der Waals surface area contributed by atoms with E-state index in [-0.39, 0.29) is 0 Å².